The average Bonchev–Trinajstić information content (AvgIpc) is 2.51. The molecule has 1 rings (SSSR count). The third-order valence-corrected chi connectivity index (χ3v) is 2.71. The SMILES string of the molecule is C[C@H](NCC(N)=O)C1CCCC1. The minimum atomic E-state index is -0.264. The largest absolute Gasteiger partial charge is 0.369 e. The van der Waals surface area contributed by atoms with Crippen molar-refractivity contribution in [1.82, 2.24) is 5.32 Å². The first-order valence-corrected chi connectivity index (χ1v) is 4.72. The van der Waals surface area contributed by atoms with Gasteiger partial charge in [-0.15, -0.1) is 0 Å². The molecule has 0 aromatic heterocycles. The molecule has 0 aliphatic heterocycles. The van der Waals surface area contributed by atoms with Gasteiger partial charge >= 0.3 is 0 Å². The van der Waals surface area contributed by atoms with Crippen molar-refractivity contribution in [3.05, 3.63) is 0 Å². The Morgan fingerprint density at radius 1 is 1.58 bits per heavy atom. The summed E-state index contributed by atoms with van der Waals surface area (Å²) >= 11 is 0. The van der Waals surface area contributed by atoms with Gasteiger partial charge in [0.15, 0.2) is 0 Å². The lowest BCUT2D eigenvalue weighted by atomic mass is 10.00. The monoisotopic (exact) mass is 170 g/mol. The number of primary amides is 1. The van der Waals surface area contributed by atoms with Gasteiger partial charge in [-0.25, -0.2) is 0 Å². The lowest BCUT2D eigenvalue weighted by Gasteiger charge is -2.19. The maximum Gasteiger partial charge on any atom is 0.231 e. The highest BCUT2D eigenvalue weighted by molar-refractivity contribution is 5.75. The van der Waals surface area contributed by atoms with E-state index in [4.69, 9.17) is 5.73 Å². The molecule has 1 saturated carbocycles. The Bertz CT molecular complexity index is 153. The fourth-order valence-electron chi connectivity index (χ4n) is 1.89. The molecule has 0 aromatic rings. The van der Waals surface area contributed by atoms with Crippen molar-refractivity contribution in [1.29, 1.82) is 0 Å². The maximum atomic E-state index is 10.5. The molecular weight excluding hydrogens is 152 g/mol. The minimum Gasteiger partial charge on any atom is -0.369 e. The zero-order chi connectivity index (χ0) is 8.97. The predicted octanol–water partition coefficient (Wildman–Crippen LogP) is 0.640. The van der Waals surface area contributed by atoms with Gasteiger partial charge in [0.25, 0.3) is 0 Å². The van der Waals surface area contributed by atoms with Crippen molar-refractivity contribution in [3.63, 3.8) is 0 Å². The fourth-order valence-corrected chi connectivity index (χ4v) is 1.89. The number of amides is 1. The molecule has 70 valence electrons. The lowest BCUT2D eigenvalue weighted by molar-refractivity contribution is -0.117. The van der Waals surface area contributed by atoms with E-state index in [0.29, 0.717) is 12.6 Å². The van der Waals surface area contributed by atoms with Crippen LogP contribution in [0.3, 0.4) is 0 Å². The average molecular weight is 170 g/mol. The quantitative estimate of drug-likeness (QED) is 0.650. The van der Waals surface area contributed by atoms with E-state index in [9.17, 15) is 4.79 Å². The van der Waals surface area contributed by atoms with Gasteiger partial charge in [-0.3, -0.25) is 4.79 Å². The summed E-state index contributed by atoms with van der Waals surface area (Å²) in [6.07, 6.45) is 5.28. The van der Waals surface area contributed by atoms with Gasteiger partial charge in [-0.1, -0.05) is 12.8 Å². The normalized spacial score (nSPS) is 21.1. The number of carbonyl (C=O) groups excluding carboxylic acids is 1. The fraction of sp³-hybridized carbons (Fsp3) is 0.889. The number of nitrogens with one attached hydrogen (secondary N) is 1. The van der Waals surface area contributed by atoms with Gasteiger partial charge in [0.2, 0.25) is 5.91 Å². The molecule has 0 heterocycles. The number of hydrogen-bond donors (Lipinski definition) is 2. The van der Waals surface area contributed by atoms with E-state index in [2.05, 4.69) is 12.2 Å². The smallest absolute Gasteiger partial charge is 0.231 e. The minimum absolute atomic E-state index is 0.264. The van der Waals surface area contributed by atoms with Gasteiger partial charge in [-0.2, -0.15) is 0 Å². The second-order valence-electron chi connectivity index (χ2n) is 3.68. The van der Waals surface area contributed by atoms with E-state index in [1.165, 1.54) is 25.7 Å². The summed E-state index contributed by atoms with van der Waals surface area (Å²) in [5.41, 5.74) is 5.04. The van der Waals surface area contributed by atoms with Crippen LogP contribution in [0, 0.1) is 5.92 Å². The number of nitrogens with two attached hydrogens (primary N) is 1. The first kappa shape index (κ1) is 9.52. The summed E-state index contributed by atoms with van der Waals surface area (Å²) in [5.74, 6) is 0.490. The van der Waals surface area contributed by atoms with Crippen LogP contribution >= 0.6 is 0 Å². The molecule has 0 radical (unpaired) electrons. The standard InChI is InChI=1S/C9H18N2O/c1-7(11-6-9(10)12)8-4-2-3-5-8/h7-8,11H,2-6H2,1H3,(H2,10,12)/t7-/m0/s1. The number of carbonyl (C=O) groups is 1. The van der Waals surface area contributed by atoms with Crippen LogP contribution in [0.2, 0.25) is 0 Å². The Labute approximate surface area is 73.7 Å². The summed E-state index contributed by atoms with van der Waals surface area (Å²) in [6.45, 7) is 2.45. The zero-order valence-electron chi connectivity index (χ0n) is 7.68. The molecule has 3 heteroatoms. The van der Waals surface area contributed by atoms with Gasteiger partial charge in [0, 0.05) is 6.04 Å². The van der Waals surface area contributed by atoms with E-state index < -0.39 is 0 Å². The topological polar surface area (TPSA) is 55.1 Å². The van der Waals surface area contributed by atoms with Crippen molar-refractivity contribution in [3.8, 4) is 0 Å². The van der Waals surface area contributed by atoms with Crippen LogP contribution in [-0.2, 0) is 4.79 Å². The second kappa shape index (κ2) is 4.45. The van der Waals surface area contributed by atoms with Crippen LogP contribution in [0.5, 0.6) is 0 Å². The Kier molecular flexibility index (Phi) is 3.53. The summed E-state index contributed by atoms with van der Waals surface area (Å²) in [5, 5.41) is 3.15. The molecule has 1 aliphatic carbocycles. The molecule has 0 bridgehead atoms. The lowest BCUT2D eigenvalue weighted by Crippen LogP contribution is -2.38. The maximum absolute atomic E-state index is 10.5. The van der Waals surface area contributed by atoms with E-state index in [1.807, 2.05) is 0 Å². The van der Waals surface area contributed by atoms with Crippen LogP contribution in [0.15, 0.2) is 0 Å². The molecule has 0 spiro atoms. The second-order valence-corrected chi connectivity index (χ2v) is 3.68. The first-order valence-electron chi connectivity index (χ1n) is 4.72. The van der Waals surface area contributed by atoms with Crippen molar-refractivity contribution in [2.45, 2.75) is 38.6 Å². The van der Waals surface area contributed by atoms with E-state index in [1.54, 1.807) is 0 Å². The molecule has 3 N–H and O–H groups in total. The summed E-state index contributed by atoms with van der Waals surface area (Å²) in [6, 6.07) is 0.444. The molecule has 1 atom stereocenters. The van der Waals surface area contributed by atoms with Crippen LogP contribution in [-0.4, -0.2) is 18.5 Å². The van der Waals surface area contributed by atoms with Gasteiger partial charge in [0.1, 0.15) is 0 Å². The first-order chi connectivity index (χ1) is 5.70. The zero-order valence-corrected chi connectivity index (χ0v) is 7.68. The van der Waals surface area contributed by atoms with Crippen LogP contribution in [0.25, 0.3) is 0 Å². The molecule has 1 fully saturated rings. The summed E-state index contributed by atoms with van der Waals surface area (Å²) in [4.78, 5) is 10.5. The van der Waals surface area contributed by atoms with Crippen molar-refractivity contribution in [2.24, 2.45) is 11.7 Å². The molecule has 3 nitrogen and oxygen atoms in total. The van der Waals surface area contributed by atoms with E-state index >= 15 is 0 Å². The Hall–Kier alpha value is -0.570. The molecule has 0 saturated heterocycles. The molecule has 1 amide bonds. The summed E-state index contributed by atoms with van der Waals surface area (Å²) in [7, 11) is 0. The van der Waals surface area contributed by atoms with Gasteiger partial charge < -0.3 is 11.1 Å². The molecular formula is C9H18N2O. The van der Waals surface area contributed by atoms with E-state index in [-0.39, 0.29) is 5.91 Å². The predicted molar refractivity (Wildman–Crippen MR) is 48.6 cm³/mol. The number of hydrogen-bond acceptors (Lipinski definition) is 2. The van der Waals surface area contributed by atoms with Gasteiger partial charge in [-0.05, 0) is 25.7 Å². The molecule has 1 aliphatic rings. The third kappa shape index (κ3) is 2.81. The Balaban J connectivity index is 2.17. The molecule has 12 heavy (non-hydrogen) atoms. The van der Waals surface area contributed by atoms with Crippen LogP contribution in [0.4, 0.5) is 0 Å². The highest BCUT2D eigenvalue weighted by Crippen LogP contribution is 2.27. The van der Waals surface area contributed by atoms with Crippen molar-refractivity contribution < 1.29 is 4.79 Å². The van der Waals surface area contributed by atoms with Crippen LogP contribution < -0.4 is 11.1 Å². The van der Waals surface area contributed by atoms with Crippen molar-refractivity contribution >= 4 is 5.91 Å². The molecule has 0 unspecified atom stereocenters. The van der Waals surface area contributed by atoms with E-state index in [0.717, 1.165) is 5.92 Å². The van der Waals surface area contributed by atoms with Gasteiger partial charge in [0.05, 0.1) is 6.54 Å². The Morgan fingerprint density at radius 2 is 2.17 bits per heavy atom. The summed E-state index contributed by atoms with van der Waals surface area (Å²) < 4.78 is 0. The van der Waals surface area contributed by atoms with Crippen LogP contribution in [0.1, 0.15) is 32.6 Å². The third-order valence-electron chi connectivity index (χ3n) is 2.71. The Morgan fingerprint density at radius 3 is 2.67 bits per heavy atom. The highest BCUT2D eigenvalue weighted by atomic mass is 16.1. The number of rotatable bonds is 4. The van der Waals surface area contributed by atoms with Crippen molar-refractivity contribution in [2.75, 3.05) is 6.54 Å². The highest BCUT2D eigenvalue weighted by Gasteiger charge is 2.20. The molecule has 0 aromatic carbocycles.